The maximum absolute atomic E-state index is 10.9. The Labute approximate surface area is 93.1 Å². The molecule has 1 rings (SSSR count). The Hall–Kier alpha value is -2.06. The molecular weight excluding hydrogens is 208 g/mol. The van der Waals surface area contributed by atoms with Gasteiger partial charge in [-0.05, 0) is 6.07 Å². The third kappa shape index (κ3) is 2.97. The Balaban J connectivity index is 2.87. The zero-order valence-electron chi connectivity index (χ0n) is 8.55. The predicted octanol–water partition coefficient (Wildman–Crippen LogP) is 0.576. The fourth-order valence-electron chi connectivity index (χ4n) is 1.21. The van der Waals surface area contributed by atoms with Gasteiger partial charge in [-0.1, -0.05) is 0 Å². The van der Waals surface area contributed by atoms with Crippen LogP contribution >= 0.6 is 0 Å². The van der Waals surface area contributed by atoms with Gasteiger partial charge in [0.25, 0.3) is 0 Å². The zero-order chi connectivity index (χ0) is 12.0. The van der Waals surface area contributed by atoms with Crippen molar-refractivity contribution in [2.75, 3.05) is 11.9 Å². The Morgan fingerprint density at radius 3 is 3.00 bits per heavy atom. The predicted molar refractivity (Wildman–Crippen MR) is 59.1 cm³/mol. The first-order valence-corrected chi connectivity index (χ1v) is 4.67. The molecule has 1 atom stereocenters. The Kier molecular flexibility index (Phi) is 4.30. The summed E-state index contributed by atoms with van der Waals surface area (Å²) in [5.41, 5.74) is 0.453. The standard InChI is InChI=1S/C11H12N2O3/c1-2-3-8(7-14)13-10-4-5-12-6-9(10)11(15)16/h1,4-6,8,14H,3,7H2,(H,12,13)(H,15,16). The summed E-state index contributed by atoms with van der Waals surface area (Å²) in [6.45, 7) is -0.161. The van der Waals surface area contributed by atoms with Crippen LogP contribution in [-0.4, -0.2) is 33.8 Å². The molecular formula is C11H12N2O3. The lowest BCUT2D eigenvalue weighted by molar-refractivity contribution is 0.0697. The number of hydrogen-bond acceptors (Lipinski definition) is 4. The molecule has 0 aliphatic rings. The number of hydrogen-bond donors (Lipinski definition) is 3. The van der Waals surface area contributed by atoms with Gasteiger partial charge in [0.2, 0.25) is 0 Å². The van der Waals surface area contributed by atoms with Crippen molar-refractivity contribution in [2.24, 2.45) is 0 Å². The van der Waals surface area contributed by atoms with Gasteiger partial charge in [-0.3, -0.25) is 4.98 Å². The minimum Gasteiger partial charge on any atom is -0.478 e. The van der Waals surface area contributed by atoms with Crippen LogP contribution in [0, 0.1) is 12.3 Å². The quantitative estimate of drug-likeness (QED) is 0.632. The molecule has 1 heterocycles. The largest absolute Gasteiger partial charge is 0.478 e. The molecule has 5 heteroatoms. The molecule has 0 bridgehead atoms. The van der Waals surface area contributed by atoms with Gasteiger partial charge >= 0.3 is 5.97 Å². The van der Waals surface area contributed by atoms with E-state index in [2.05, 4.69) is 16.2 Å². The molecule has 84 valence electrons. The van der Waals surface area contributed by atoms with E-state index >= 15 is 0 Å². The molecule has 0 fully saturated rings. The number of aliphatic hydroxyl groups excluding tert-OH is 1. The van der Waals surface area contributed by atoms with Gasteiger partial charge in [0.05, 0.1) is 18.3 Å². The molecule has 0 aromatic carbocycles. The van der Waals surface area contributed by atoms with Gasteiger partial charge in [-0.25, -0.2) is 4.79 Å². The number of aliphatic hydroxyl groups is 1. The molecule has 0 aliphatic heterocycles. The summed E-state index contributed by atoms with van der Waals surface area (Å²) in [7, 11) is 0. The van der Waals surface area contributed by atoms with Crippen molar-refractivity contribution < 1.29 is 15.0 Å². The topological polar surface area (TPSA) is 82.5 Å². The van der Waals surface area contributed by atoms with Crippen molar-refractivity contribution >= 4 is 11.7 Å². The van der Waals surface area contributed by atoms with Crippen molar-refractivity contribution in [3.63, 3.8) is 0 Å². The number of aromatic carboxylic acids is 1. The average molecular weight is 220 g/mol. The number of aromatic nitrogens is 1. The minimum atomic E-state index is -1.08. The first kappa shape index (κ1) is 12.0. The van der Waals surface area contributed by atoms with Gasteiger partial charge < -0.3 is 15.5 Å². The average Bonchev–Trinajstić information content (AvgIpc) is 2.29. The van der Waals surface area contributed by atoms with Crippen LogP contribution in [-0.2, 0) is 0 Å². The van der Waals surface area contributed by atoms with Crippen molar-refractivity contribution in [1.82, 2.24) is 4.98 Å². The molecule has 16 heavy (non-hydrogen) atoms. The van der Waals surface area contributed by atoms with E-state index in [-0.39, 0.29) is 18.2 Å². The Morgan fingerprint density at radius 2 is 2.44 bits per heavy atom. The number of carboxylic acids is 1. The van der Waals surface area contributed by atoms with Gasteiger partial charge in [0.1, 0.15) is 5.56 Å². The van der Waals surface area contributed by atoms with Gasteiger partial charge in [-0.15, -0.1) is 12.3 Å². The Morgan fingerprint density at radius 1 is 1.69 bits per heavy atom. The highest BCUT2D eigenvalue weighted by Crippen LogP contribution is 2.15. The van der Waals surface area contributed by atoms with E-state index in [1.807, 2.05) is 0 Å². The number of nitrogens with zero attached hydrogens (tertiary/aromatic N) is 1. The van der Waals surface area contributed by atoms with Crippen molar-refractivity contribution in [3.8, 4) is 12.3 Å². The van der Waals surface area contributed by atoms with Crippen molar-refractivity contribution in [2.45, 2.75) is 12.5 Å². The van der Waals surface area contributed by atoms with E-state index in [1.165, 1.54) is 18.5 Å². The van der Waals surface area contributed by atoms with E-state index in [1.54, 1.807) is 0 Å². The molecule has 5 nitrogen and oxygen atoms in total. The van der Waals surface area contributed by atoms with Gasteiger partial charge in [0, 0.05) is 18.8 Å². The normalized spacial score (nSPS) is 11.5. The fourth-order valence-corrected chi connectivity index (χ4v) is 1.21. The smallest absolute Gasteiger partial charge is 0.339 e. The highest BCUT2D eigenvalue weighted by Gasteiger charge is 2.13. The molecule has 0 saturated carbocycles. The lowest BCUT2D eigenvalue weighted by atomic mass is 10.2. The lowest BCUT2D eigenvalue weighted by Crippen LogP contribution is -2.24. The van der Waals surface area contributed by atoms with Crippen LogP contribution in [0.15, 0.2) is 18.5 Å². The van der Waals surface area contributed by atoms with E-state index in [9.17, 15) is 4.79 Å². The molecule has 1 aromatic rings. The first-order valence-electron chi connectivity index (χ1n) is 4.67. The number of nitrogens with one attached hydrogen (secondary N) is 1. The maximum atomic E-state index is 10.9. The number of rotatable bonds is 5. The number of anilines is 1. The molecule has 0 radical (unpaired) electrons. The summed E-state index contributed by atoms with van der Waals surface area (Å²) in [6, 6.07) is 1.17. The van der Waals surface area contributed by atoms with Crippen LogP contribution in [0.5, 0.6) is 0 Å². The fraction of sp³-hybridized carbons (Fsp3) is 0.273. The van der Waals surface area contributed by atoms with Crippen LogP contribution in [0.1, 0.15) is 16.8 Å². The third-order valence-corrected chi connectivity index (χ3v) is 2.00. The molecule has 0 saturated heterocycles. The highest BCUT2D eigenvalue weighted by atomic mass is 16.4. The van der Waals surface area contributed by atoms with Gasteiger partial charge in [-0.2, -0.15) is 0 Å². The number of carbonyl (C=O) groups is 1. The summed E-state index contributed by atoms with van der Waals surface area (Å²) < 4.78 is 0. The lowest BCUT2D eigenvalue weighted by Gasteiger charge is -2.16. The van der Waals surface area contributed by atoms with Crippen LogP contribution < -0.4 is 5.32 Å². The van der Waals surface area contributed by atoms with E-state index in [0.717, 1.165) is 0 Å². The highest BCUT2D eigenvalue weighted by molar-refractivity contribution is 5.93. The second-order valence-corrected chi connectivity index (χ2v) is 3.16. The molecule has 1 unspecified atom stereocenters. The summed E-state index contributed by atoms with van der Waals surface area (Å²) in [4.78, 5) is 14.6. The molecule has 0 spiro atoms. The first-order chi connectivity index (χ1) is 7.69. The van der Waals surface area contributed by atoms with Crippen molar-refractivity contribution in [1.29, 1.82) is 0 Å². The second kappa shape index (κ2) is 5.73. The number of terminal acetylenes is 1. The van der Waals surface area contributed by atoms with Crippen molar-refractivity contribution in [3.05, 3.63) is 24.0 Å². The molecule has 1 aromatic heterocycles. The third-order valence-electron chi connectivity index (χ3n) is 2.00. The zero-order valence-corrected chi connectivity index (χ0v) is 8.55. The molecule has 3 N–H and O–H groups in total. The summed E-state index contributed by atoms with van der Waals surface area (Å²) in [5.74, 6) is 1.33. The van der Waals surface area contributed by atoms with Gasteiger partial charge in [0.15, 0.2) is 0 Å². The molecule has 0 amide bonds. The van der Waals surface area contributed by atoms with E-state index < -0.39 is 5.97 Å². The number of carboxylic acid groups (broad SMARTS) is 1. The minimum absolute atomic E-state index is 0.0537. The van der Waals surface area contributed by atoms with Crippen LogP contribution in [0.3, 0.4) is 0 Å². The van der Waals surface area contributed by atoms with E-state index in [4.69, 9.17) is 16.6 Å². The number of pyridine rings is 1. The maximum Gasteiger partial charge on any atom is 0.339 e. The van der Waals surface area contributed by atoms with Crippen LogP contribution in [0.4, 0.5) is 5.69 Å². The second-order valence-electron chi connectivity index (χ2n) is 3.16. The monoisotopic (exact) mass is 220 g/mol. The summed E-state index contributed by atoms with van der Waals surface area (Å²) in [6.07, 6.45) is 8.16. The summed E-state index contributed by atoms with van der Waals surface area (Å²) in [5, 5.41) is 20.8. The molecule has 0 aliphatic carbocycles. The Bertz CT molecular complexity index is 412. The van der Waals surface area contributed by atoms with E-state index in [0.29, 0.717) is 12.1 Å². The summed E-state index contributed by atoms with van der Waals surface area (Å²) >= 11 is 0. The van der Waals surface area contributed by atoms with Crippen LogP contribution in [0.2, 0.25) is 0 Å². The SMILES string of the molecule is C#CCC(CO)Nc1ccncc1C(=O)O. The van der Waals surface area contributed by atoms with Crippen LogP contribution in [0.25, 0.3) is 0 Å².